The smallest absolute Gasteiger partial charge is 0.261 e. The number of sulfonamides is 1. The van der Waals surface area contributed by atoms with Crippen molar-refractivity contribution in [1.29, 1.82) is 0 Å². The Balaban J connectivity index is 1.61. The molecule has 0 aliphatic carbocycles. The van der Waals surface area contributed by atoms with Crippen LogP contribution in [0.4, 0.5) is 5.69 Å². The molecule has 6 nitrogen and oxygen atoms in total. The fraction of sp³-hybridized carbons (Fsp3) is 0.227. The van der Waals surface area contributed by atoms with E-state index in [1.807, 2.05) is 38.2 Å². The molecular weight excluding hydrogens is 466 g/mol. The number of carbonyl (C=O) groups is 1. The van der Waals surface area contributed by atoms with Gasteiger partial charge in [0.05, 0.1) is 16.6 Å². The molecule has 0 bridgehead atoms. The molecule has 156 valence electrons. The van der Waals surface area contributed by atoms with Crippen molar-refractivity contribution in [2.75, 3.05) is 11.3 Å². The molecule has 1 N–H and O–H groups in total. The van der Waals surface area contributed by atoms with E-state index in [9.17, 15) is 13.2 Å². The molecule has 4 rings (SSSR count). The number of aromatic nitrogens is 1. The van der Waals surface area contributed by atoms with Crippen LogP contribution >= 0.6 is 15.9 Å². The van der Waals surface area contributed by atoms with Gasteiger partial charge in [-0.1, -0.05) is 12.1 Å². The zero-order valence-corrected chi connectivity index (χ0v) is 19.1. The number of nitrogens with zero attached hydrogens (tertiary/aromatic N) is 2. The molecule has 0 unspecified atom stereocenters. The third-order valence-corrected chi connectivity index (χ3v) is 7.42. The van der Waals surface area contributed by atoms with E-state index in [0.717, 1.165) is 17.8 Å². The maximum Gasteiger partial charge on any atom is 0.261 e. The Morgan fingerprint density at radius 3 is 2.70 bits per heavy atom. The van der Waals surface area contributed by atoms with Crippen LogP contribution in [0.25, 0.3) is 0 Å². The van der Waals surface area contributed by atoms with Gasteiger partial charge in [0.15, 0.2) is 0 Å². The number of halogens is 1. The highest BCUT2D eigenvalue weighted by molar-refractivity contribution is 9.10. The Morgan fingerprint density at radius 1 is 1.10 bits per heavy atom. The van der Waals surface area contributed by atoms with Gasteiger partial charge < -0.3 is 9.47 Å². The van der Waals surface area contributed by atoms with E-state index in [-0.39, 0.29) is 16.8 Å². The SMILES string of the molecule is Cc1ccc(Br)c(NS(=O)(=O)c2cccc(C(=O)N3CCn4cccc4[C@@H]3C)c2)c1. The summed E-state index contributed by atoms with van der Waals surface area (Å²) in [7, 11) is -3.85. The number of fused-ring (bicyclic) bond motifs is 1. The third-order valence-electron chi connectivity index (χ3n) is 5.36. The quantitative estimate of drug-likeness (QED) is 0.585. The van der Waals surface area contributed by atoms with Gasteiger partial charge in [0.25, 0.3) is 15.9 Å². The Hall–Kier alpha value is -2.58. The van der Waals surface area contributed by atoms with Crippen molar-refractivity contribution in [3.63, 3.8) is 0 Å². The van der Waals surface area contributed by atoms with Crippen molar-refractivity contribution in [3.8, 4) is 0 Å². The second-order valence-corrected chi connectivity index (χ2v) is 9.95. The molecule has 1 aliphatic rings. The van der Waals surface area contributed by atoms with Crippen molar-refractivity contribution in [3.05, 3.63) is 82.1 Å². The molecule has 1 amide bonds. The van der Waals surface area contributed by atoms with Crippen LogP contribution in [0.3, 0.4) is 0 Å². The number of aryl methyl sites for hydroxylation is 1. The fourth-order valence-electron chi connectivity index (χ4n) is 3.74. The predicted octanol–water partition coefficient (Wildman–Crippen LogP) is 4.58. The summed E-state index contributed by atoms with van der Waals surface area (Å²) in [6.45, 7) is 5.17. The first kappa shape index (κ1) is 20.7. The van der Waals surface area contributed by atoms with Crippen molar-refractivity contribution >= 4 is 37.5 Å². The normalized spacial score (nSPS) is 16.2. The van der Waals surface area contributed by atoms with Crippen LogP contribution < -0.4 is 4.72 Å². The van der Waals surface area contributed by atoms with E-state index in [4.69, 9.17) is 0 Å². The van der Waals surface area contributed by atoms with E-state index in [1.54, 1.807) is 29.2 Å². The summed E-state index contributed by atoms with van der Waals surface area (Å²) in [5.74, 6) is -0.177. The number of rotatable bonds is 4. The van der Waals surface area contributed by atoms with Gasteiger partial charge in [-0.2, -0.15) is 0 Å². The second-order valence-electron chi connectivity index (χ2n) is 7.42. The minimum Gasteiger partial charge on any atom is -0.348 e. The maximum absolute atomic E-state index is 13.2. The molecule has 0 radical (unpaired) electrons. The van der Waals surface area contributed by atoms with Gasteiger partial charge in [0.1, 0.15) is 0 Å². The minimum absolute atomic E-state index is 0.0507. The highest BCUT2D eigenvalue weighted by Gasteiger charge is 2.28. The summed E-state index contributed by atoms with van der Waals surface area (Å²) in [4.78, 5) is 15.0. The average Bonchev–Trinajstić information content (AvgIpc) is 3.20. The highest BCUT2D eigenvalue weighted by Crippen LogP contribution is 2.29. The summed E-state index contributed by atoms with van der Waals surface area (Å²) in [6.07, 6.45) is 2.01. The Labute approximate surface area is 184 Å². The topological polar surface area (TPSA) is 71.4 Å². The van der Waals surface area contributed by atoms with E-state index >= 15 is 0 Å². The van der Waals surface area contributed by atoms with E-state index in [2.05, 4.69) is 25.2 Å². The van der Waals surface area contributed by atoms with Crippen molar-refractivity contribution in [2.45, 2.75) is 31.3 Å². The monoisotopic (exact) mass is 487 g/mol. The molecule has 30 heavy (non-hydrogen) atoms. The zero-order chi connectivity index (χ0) is 21.5. The summed E-state index contributed by atoms with van der Waals surface area (Å²) in [5.41, 5.74) is 2.82. The first-order valence-corrected chi connectivity index (χ1v) is 11.9. The zero-order valence-electron chi connectivity index (χ0n) is 16.7. The molecule has 1 aliphatic heterocycles. The van der Waals surface area contributed by atoms with Gasteiger partial charge >= 0.3 is 0 Å². The highest BCUT2D eigenvalue weighted by atomic mass is 79.9. The van der Waals surface area contributed by atoms with Crippen LogP contribution in [0.5, 0.6) is 0 Å². The molecule has 1 aromatic heterocycles. The lowest BCUT2D eigenvalue weighted by Gasteiger charge is -2.35. The number of hydrogen-bond donors (Lipinski definition) is 1. The third kappa shape index (κ3) is 3.89. The number of hydrogen-bond acceptors (Lipinski definition) is 3. The van der Waals surface area contributed by atoms with Crippen molar-refractivity contribution < 1.29 is 13.2 Å². The summed E-state index contributed by atoms with van der Waals surface area (Å²) < 4.78 is 31.3. The fourth-order valence-corrected chi connectivity index (χ4v) is 5.33. The average molecular weight is 488 g/mol. The van der Waals surface area contributed by atoms with Crippen LogP contribution in [0.1, 0.15) is 34.6 Å². The lowest BCUT2D eigenvalue weighted by atomic mass is 10.1. The van der Waals surface area contributed by atoms with Crippen LogP contribution in [0.2, 0.25) is 0 Å². The van der Waals surface area contributed by atoms with Gasteiger partial charge in [-0.25, -0.2) is 8.42 Å². The van der Waals surface area contributed by atoms with Crippen LogP contribution in [0.15, 0.2) is 70.2 Å². The predicted molar refractivity (Wildman–Crippen MR) is 120 cm³/mol. The summed E-state index contributed by atoms with van der Waals surface area (Å²) >= 11 is 3.37. The lowest BCUT2D eigenvalue weighted by molar-refractivity contribution is 0.0644. The molecule has 2 heterocycles. The molecule has 0 spiro atoms. The molecule has 0 saturated carbocycles. The molecule has 0 saturated heterocycles. The standard InChI is InChI=1S/C22H22BrN3O3S/c1-15-8-9-19(23)20(13-15)24-30(28,29)18-6-3-5-17(14-18)22(27)26-12-11-25-10-4-7-21(25)16(26)2/h3-10,13-14,16,24H,11-12H2,1-2H3/t16-/m0/s1. The van der Waals surface area contributed by atoms with Gasteiger partial charge in [-0.05, 0) is 77.8 Å². The van der Waals surface area contributed by atoms with E-state index in [0.29, 0.717) is 22.3 Å². The number of benzene rings is 2. The Morgan fingerprint density at radius 2 is 1.90 bits per heavy atom. The first-order chi connectivity index (χ1) is 14.3. The van der Waals surface area contributed by atoms with Gasteiger partial charge in [-0.3, -0.25) is 9.52 Å². The second kappa shape index (κ2) is 7.92. The van der Waals surface area contributed by atoms with Crippen LogP contribution in [0, 0.1) is 6.92 Å². The molecular formula is C22H22BrN3O3S. The van der Waals surface area contributed by atoms with Gasteiger partial charge in [0.2, 0.25) is 0 Å². The largest absolute Gasteiger partial charge is 0.348 e. The molecule has 8 heteroatoms. The molecule has 0 fully saturated rings. The number of carbonyl (C=O) groups excluding carboxylic acids is 1. The van der Waals surface area contributed by atoms with Crippen molar-refractivity contribution in [1.82, 2.24) is 9.47 Å². The molecule has 3 aromatic rings. The maximum atomic E-state index is 13.2. The summed E-state index contributed by atoms with van der Waals surface area (Å²) in [6, 6.07) is 15.5. The molecule has 2 aromatic carbocycles. The Kier molecular flexibility index (Phi) is 5.46. The number of amides is 1. The summed E-state index contributed by atoms with van der Waals surface area (Å²) in [5, 5.41) is 0. The minimum atomic E-state index is -3.85. The van der Waals surface area contributed by atoms with Gasteiger partial charge in [-0.15, -0.1) is 0 Å². The van der Waals surface area contributed by atoms with Gasteiger partial charge in [0, 0.05) is 35.0 Å². The number of nitrogens with one attached hydrogen (secondary N) is 1. The van der Waals surface area contributed by atoms with E-state index in [1.165, 1.54) is 12.1 Å². The first-order valence-electron chi connectivity index (χ1n) is 9.61. The van der Waals surface area contributed by atoms with Crippen LogP contribution in [-0.4, -0.2) is 30.3 Å². The molecule has 1 atom stereocenters. The Bertz CT molecular complexity index is 1220. The van der Waals surface area contributed by atoms with Crippen molar-refractivity contribution in [2.24, 2.45) is 0 Å². The van der Waals surface area contributed by atoms with Crippen LogP contribution in [-0.2, 0) is 16.6 Å². The lowest BCUT2D eigenvalue weighted by Crippen LogP contribution is -2.40. The van der Waals surface area contributed by atoms with E-state index < -0.39 is 10.0 Å². The number of anilines is 1.